The number of hydrogen-bond donors (Lipinski definition) is 0. The highest BCUT2D eigenvalue weighted by Crippen LogP contribution is 2.22. The summed E-state index contributed by atoms with van der Waals surface area (Å²) in [7, 11) is 0. The largest absolute Gasteiger partial charge is 0.368 e. The molecule has 1 aromatic rings. The van der Waals surface area contributed by atoms with Gasteiger partial charge in [0.25, 0.3) is 5.69 Å². The number of non-ortho nitro benzene ring substituents is 1. The Balaban J connectivity index is 1.98. The highest BCUT2D eigenvalue weighted by molar-refractivity contribution is 6.18. The molecule has 0 saturated carbocycles. The van der Waals surface area contributed by atoms with Crippen molar-refractivity contribution in [3.8, 4) is 0 Å². The number of anilines is 1. The number of carbonyl (C=O) groups excluding carboxylic acids is 1. The van der Waals surface area contributed by atoms with Crippen molar-refractivity contribution in [3.05, 3.63) is 34.4 Å². The molecule has 0 aliphatic carbocycles. The van der Waals surface area contributed by atoms with Crippen molar-refractivity contribution < 1.29 is 9.72 Å². The molecule has 1 aliphatic heterocycles. The van der Waals surface area contributed by atoms with E-state index in [1.807, 2.05) is 6.07 Å². The lowest BCUT2D eigenvalue weighted by Gasteiger charge is -2.36. The van der Waals surface area contributed by atoms with Gasteiger partial charge in [-0.25, -0.2) is 0 Å². The van der Waals surface area contributed by atoms with E-state index >= 15 is 0 Å². The standard InChI is InChI=1S/C13H16ClN3O3/c14-5-4-13(18)16-8-6-15(7-9-16)11-2-1-3-12(10-11)17(19)20/h1-3,10H,4-9H2. The lowest BCUT2D eigenvalue weighted by atomic mass is 10.2. The van der Waals surface area contributed by atoms with Gasteiger partial charge in [0.2, 0.25) is 5.91 Å². The molecule has 7 heteroatoms. The predicted octanol–water partition coefficient (Wildman–Crippen LogP) is 1.87. The van der Waals surface area contributed by atoms with Gasteiger partial charge in [-0.15, -0.1) is 11.6 Å². The van der Waals surface area contributed by atoms with Gasteiger partial charge < -0.3 is 9.80 Å². The third-order valence-corrected chi connectivity index (χ3v) is 3.54. The fourth-order valence-corrected chi connectivity index (χ4v) is 2.42. The van der Waals surface area contributed by atoms with Crippen LogP contribution in [-0.4, -0.2) is 47.8 Å². The number of rotatable bonds is 4. The number of nitrogens with zero attached hydrogens (tertiary/aromatic N) is 3. The SMILES string of the molecule is O=C(CCCl)N1CCN(c2cccc([N+](=O)[O-])c2)CC1. The van der Waals surface area contributed by atoms with Crippen molar-refractivity contribution in [1.29, 1.82) is 0 Å². The van der Waals surface area contributed by atoms with Gasteiger partial charge in [0.05, 0.1) is 4.92 Å². The zero-order valence-corrected chi connectivity index (χ0v) is 11.8. The molecule has 1 heterocycles. The zero-order valence-electron chi connectivity index (χ0n) is 11.0. The fraction of sp³-hybridized carbons (Fsp3) is 0.462. The Kier molecular flexibility index (Phi) is 4.79. The van der Waals surface area contributed by atoms with Crippen LogP contribution in [0.1, 0.15) is 6.42 Å². The van der Waals surface area contributed by atoms with E-state index in [0.29, 0.717) is 38.5 Å². The van der Waals surface area contributed by atoms with Crippen LogP contribution in [0.4, 0.5) is 11.4 Å². The molecule has 6 nitrogen and oxygen atoms in total. The van der Waals surface area contributed by atoms with Crippen molar-refractivity contribution in [2.75, 3.05) is 37.0 Å². The summed E-state index contributed by atoms with van der Waals surface area (Å²) in [6.07, 6.45) is 0.359. The minimum absolute atomic E-state index is 0.0682. The number of halogens is 1. The molecule has 2 rings (SSSR count). The van der Waals surface area contributed by atoms with E-state index in [-0.39, 0.29) is 11.6 Å². The topological polar surface area (TPSA) is 66.7 Å². The maximum absolute atomic E-state index is 11.7. The van der Waals surface area contributed by atoms with E-state index < -0.39 is 4.92 Å². The minimum Gasteiger partial charge on any atom is -0.368 e. The van der Waals surface area contributed by atoms with Crippen LogP contribution in [0, 0.1) is 10.1 Å². The Hall–Kier alpha value is -1.82. The number of alkyl halides is 1. The summed E-state index contributed by atoms with van der Waals surface area (Å²) in [5.74, 6) is 0.405. The average Bonchev–Trinajstić information content (AvgIpc) is 2.48. The first kappa shape index (κ1) is 14.6. The first-order valence-corrected chi connectivity index (χ1v) is 6.98. The molecular formula is C13H16ClN3O3. The number of benzene rings is 1. The fourth-order valence-electron chi connectivity index (χ4n) is 2.26. The predicted molar refractivity (Wildman–Crippen MR) is 77.2 cm³/mol. The van der Waals surface area contributed by atoms with Gasteiger partial charge in [-0.3, -0.25) is 14.9 Å². The monoisotopic (exact) mass is 297 g/mol. The molecule has 0 N–H and O–H groups in total. The summed E-state index contributed by atoms with van der Waals surface area (Å²) < 4.78 is 0. The minimum atomic E-state index is -0.399. The molecule has 20 heavy (non-hydrogen) atoms. The van der Waals surface area contributed by atoms with Crippen LogP contribution >= 0.6 is 11.6 Å². The molecule has 1 aromatic carbocycles. The van der Waals surface area contributed by atoms with E-state index in [0.717, 1.165) is 5.69 Å². The number of hydrogen-bond acceptors (Lipinski definition) is 4. The molecular weight excluding hydrogens is 282 g/mol. The molecule has 1 amide bonds. The first-order valence-electron chi connectivity index (χ1n) is 6.45. The maximum atomic E-state index is 11.7. The Morgan fingerprint density at radius 3 is 2.60 bits per heavy atom. The molecule has 0 spiro atoms. The second-order valence-corrected chi connectivity index (χ2v) is 4.96. The molecule has 1 saturated heterocycles. The molecule has 0 atom stereocenters. The van der Waals surface area contributed by atoms with Gasteiger partial charge in [0.15, 0.2) is 0 Å². The second kappa shape index (κ2) is 6.56. The van der Waals surface area contributed by atoms with Gasteiger partial charge in [-0.05, 0) is 6.07 Å². The lowest BCUT2D eigenvalue weighted by molar-refractivity contribution is -0.384. The van der Waals surface area contributed by atoms with E-state index in [2.05, 4.69) is 4.90 Å². The maximum Gasteiger partial charge on any atom is 0.271 e. The van der Waals surface area contributed by atoms with Crippen LogP contribution in [0.25, 0.3) is 0 Å². The van der Waals surface area contributed by atoms with E-state index in [1.165, 1.54) is 6.07 Å². The zero-order chi connectivity index (χ0) is 14.5. The number of carbonyl (C=O) groups is 1. The Morgan fingerprint density at radius 2 is 2.00 bits per heavy atom. The van der Waals surface area contributed by atoms with Gasteiger partial charge >= 0.3 is 0 Å². The highest BCUT2D eigenvalue weighted by atomic mass is 35.5. The smallest absolute Gasteiger partial charge is 0.271 e. The summed E-state index contributed by atoms with van der Waals surface area (Å²) in [4.78, 5) is 25.9. The van der Waals surface area contributed by atoms with Crippen LogP contribution < -0.4 is 4.90 Å². The van der Waals surface area contributed by atoms with Crippen LogP contribution in [0.2, 0.25) is 0 Å². The third-order valence-electron chi connectivity index (χ3n) is 3.35. The average molecular weight is 298 g/mol. The Labute approximate surface area is 122 Å². The molecule has 1 aliphatic rings. The number of amides is 1. The third kappa shape index (κ3) is 3.39. The summed E-state index contributed by atoms with van der Waals surface area (Å²) in [6, 6.07) is 6.57. The quantitative estimate of drug-likeness (QED) is 0.483. The van der Waals surface area contributed by atoms with Crippen LogP contribution in [0.15, 0.2) is 24.3 Å². The molecule has 1 fully saturated rings. The number of nitro groups is 1. The molecule has 0 aromatic heterocycles. The van der Waals surface area contributed by atoms with Crippen molar-refractivity contribution >= 4 is 28.9 Å². The van der Waals surface area contributed by atoms with Gasteiger partial charge in [-0.2, -0.15) is 0 Å². The van der Waals surface area contributed by atoms with Gasteiger partial charge in [0.1, 0.15) is 0 Å². The normalized spacial score (nSPS) is 15.2. The summed E-state index contributed by atoms with van der Waals surface area (Å²) in [5, 5.41) is 10.8. The van der Waals surface area contributed by atoms with Gasteiger partial charge in [-0.1, -0.05) is 6.07 Å². The first-order chi connectivity index (χ1) is 9.61. The summed E-state index contributed by atoms with van der Waals surface area (Å²) in [6.45, 7) is 2.60. The van der Waals surface area contributed by atoms with Crippen molar-refractivity contribution in [2.24, 2.45) is 0 Å². The van der Waals surface area contributed by atoms with Crippen LogP contribution in [0.5, 0.6) is 0 Å². The number of piperazine rings is 1. The van der Waals surface area contributed by atoms with Crippen molar-refractivity contribution in [3.63, 3.8) is 0 Å². The highest BCUT2D eigenvalue weighted by Gasteiger charge is 2.21. The molecule has 0 bridgehead atoms. The second-order valence-electron chi connectivity index (χ2n) is 4.58. The summed E-state index contributed by atoms with van der Waals surface area (Å²) in [5.41, 5.74) is 0.909. The lowest BCUT2D eigenvalue weighted by Crippen LogP contribution is -2.48. The van der Waals surface area contributed by atoms with E-state index in [4.69, 9.17) is 11.6 Å². The van der Waals surface area contributed by atoms with E-state index in [1.54, 1.807) is 17.0 Å². The van der Waals surface area contributed by atoms with Crippen LogP contribution in [0.3, 0.4) is 0 Å². The van der Waals surface area contributed by atoms with Crippen LogP contribution in [-0.2, 0) is 4.79 Å². The summed E-state index contributed by atoms with van der Waals surface area (Å²) >= 11 is 5.57. The Morgan fingerprint density at radius 1 is 1.30 bits per heavy atom. The molecule has 108 valence electrons. The Bertz CT molecular complexity index is 501. The van der Waals surface area contributed by atoms with E-state index in [9.17, 15) is 14.9 Å². The van der Waals surface area contributed by atoms with Crippen molar-refractivity contribution in [1.82, 2.24) is 4.90 Å². The number of nitro benzene ring substituents is 1. The molecule has 0 unspecified atom stereocenters. The van der Waals surface area contributed by atoms with Crippen molar-refractivity contribution in [2.45, 2.75) is 6.42 Å². The molecule has 0 radical (unpaired) electrons. The van der Waals surface area contributed by atoms with Gasteiger partial charge in [0, 0.05) is 56.3 Å².